The standard InChI is InChI=1S/C28H26ClNO5/c1-4-14-35-22-7-5-6-19(15-22)26(31)24-25(18-9-12-21(34-3)13-10-18)30(28(33)27(24)32)20-11-8-17(2)23(29)16-20/h5-13,15-16,25,31H,4,14H2,1-3H3/b26-24+. The van der Waals surface area contributed by atoms with Gasteiger partial charge in [0.15, 0.2) is 0 Å². The Kier molecular flexibility index (Phi) is 7.12. The minimum atomic E-state index is -0.861. The zero-order valence-corrected chi connectivity index (χ0v) is 20.5. The van der Waals surface area contributed by atoms with Crippen LogP contribution in [0.15, 0.2) is 72.3 Å². The topological polar surface area (TPSA) is 76.1 Å². The number of amides is 1. The third-order valence-corrected chi connectivity index (χ3v) is 6.30. The monoisotopic (exact) mass is 491 g/mol. The number of Topliss-reactive ketones (excluding diaryl/α,β-unsaturated/α-hetero) is 1. The number of aryl methyl sites for hydroxylation is 1. The lowest BCUT2D eigenvalue weighted by atomic mass is 9.95. The van der Waals surface area contributed by atoms with Gasteiger partial charge in [0.2, 0.25) is 0 Å². The molecule has 3 aromatic carbocycles. The number of ether oxygens (including phenoxy) is 2. The summed E-state index contributed by atoms with van der Waals surface area (Å²) in [6, 6.07) is 18.2. The summed E-state index contributed by atoms with van der Waals surface area (Å²) >= 11 is 6.35. The van der Waals surface area contributed by atoms with E-state index in [1.807, 2.05) is 13.8 Å². The summed E-state index contributed by atoms with van der Waals surface area (Å²) < 4.78 is 10.9. The van der Waals surface area contributed by atoms with Crippen LogP contribution in [0.3, 0.4) is 0 Å². The molecule has 0 spiro atoms. The van der Waals surface area contributed by atoms with Crippen LogP contribution in [0.4, 0.5) is 5.69 Å². The van der Waals surface area contributed by atoms with Crippen molar-refractivity contribution in [2.75, 3.05) is 18.6 Å². The van der Waals surface area contributed by atoms with Crippen molar-refractivity contribution in [3.63, 3.8) is 0 Å². The number of benzene rings is 3. The number of carbonyl (C=O) groups excluding carboxylic acids is 2. The van der Waals surface area contributed by atoms with Crippen molar-refractivity contribution in [3.05, 3.63) is 94.0 Å². The molecule has 0 saturated carbocycles. The molecule has 0 aromatic heterocycles. The normalized spacial score (nSPS) is 17.0. The zero-order chi connectivity index (χ0) is 25.1. The van der Waals surface area contributed by atoms with Gasteiger partial charge in [0.05, 0.1) is 25.3 Å². The van der Waals surface area contributed by atoms with Crippen LogP contribution < -0.4 is 14.4 Å². The number of halogens is 1. The van der Waals surface area contributed by atoms with Gasteiger partial charge in [-0.25, -0.2) is 0 Å². The molecule has 35 heavy (non-hydrogen) atoms. The lowest BCUT2D eigenvalue weighted by Crippen LogP contribution is -2.29. The Morgan fingerprint density at radius 1 is 1.03 bits per heavy atom. The lowest BCUT2D eigenvalue weighted by Gasteiger charge is -2.26. The summed E-state index contributed by atoms with van der Waals surface area (Å²) in [5.74, 6) is -0.598. The van der Waals surface area contributed by atoms with Crippen LogP contribution in [0.25, 0.3) is 5.76 Å². The van der Waals surface area contributed by atoms with Gasteiger partial charge in [-0.2, -0.15) is 0 Å². The average molecular weight is 492 g/mol. The van der Waals surface area contributed by atoms with Gasteiger partial charge in [-0.1, -0.05) is 48.9 Å². The summed E-state index contributed by atoms with van der Waals surface area (Å²) in [4.78, 5) is 28.0. The second-order valence-electron chi connectivity index (χ2n) is 8.25. The fourth-order valence-electron chi connectivity index (χ4n) is 4.04. The van der Waals surface area contributed by atoms with Crippen molar-refractivity contribution < 1.29 is 24.2 Å². The fraction of sp³-hybridized carbons (Fsp3) is 0.214. The maximum atomic E-state index is 13.3. The molecular formula is C28H26ClNO5. The van der Waals surface area contributed by atoms with Crippen molar-refractivity contribution in [1.29, 1.82) is 0 Å². The maximum absolute atomic E-state index is 13.3. The maximum Gasteiger partial charge on any atom is 0.300 e. The second-order valence-corrected chi connectivity index (χ2v) is 8.66. The van der Waals surface area contributed by atoms with Crippen molar-refractivity contribution in [2.45, 2.75) is 26.3 Å². The highest BCUT2D eigenvalue weighted by Crippen LogP contribution is 2.43. The lowest BCUT2D eigenvalue weighted by molar-refractivity contribution is -0.132. The molecule has 1 aliphatic heterocycles. The van der Waals surface area contributed by atoms with E-state index in [2.05, 4.69) is 0 Å². The number of ketones is 1. The summed E-state index contributed by atoms with van der Waals surface area (Å²) in [7, 11) is 1.56. The number of aliphatic hydroxyl groups excluding tert-OH is 1. The van der Waals surface area contributed by atoms with Gasteiger partial charge >= 0.3 is 0 Å². The molecule has 1 fully saturated rings. The molecule has 4 rings (SSSR count). The number of methoxy groups -OCH3 is 1. The Bertz CT molecular complexity index is 1300. The number of aliphatic hydroxyl groups is 1. The molecule has 0 bridgehead atoms. The van der Waals surface area contributed by atoms with E-state index < -0.39 is 17.7 Å². The Morgan fingerprint density at radius 2 is 1.77 bits per heavy atom. The molecule has 180 valence electrons. The van der Waals surface area contributed by atoms with Crippen LogP contribution in [0, 0.1) is 6.92 Å². The first kappa shape index (κ1) is 24.4. The van der Waals surface area contributed by atoms with Crippen molar-refractivity contribution in [3.8, 4) is 11.5 Å². The molecule has 1 atom stereocenters. The largest absolute Gasteiger partial charge is 0.507 e. The molecular weight excluding hydrogens is 466 g/mol. The minimum Gasteiger partial charge on any atom is -0.507 e. The van der Waals surface area contributed by atoms with Gasteiger partial charge < -0.3 is 14.6 Å². The molecule has 6 nitrogen and oxygen atoms in total. The molecule has 1 amide bonds. The van der Waals surface area contributed by atoms with E-state index in [0.29, 0.717) is 39.9 Å². The molecule has 3 aromatic rings. The average Bonchev–Trinajstić information content (AvgIpc) is 3.14. The summed E-state index contributed by atoms with van der Waals surface area (Å²) in [5.41, 5.74) is 2.32. The molecule has 1 N–H and O–H groups in total. The number of rotatable bonds is 7. The van der Waals surface area contributed by atoms with Crippen molar-refractivity contribution in [2.24, 2.45) is 0 Å². The predicted molar refractivity (Wildman–Crippen MR) is 136 cm³/mol. The first-order valence-corrected chi connectivity index (χ1v) is 11.7. The Hall–Kier alpha value is -3.77. The summed E-state index contributed by atoms with van der Waals surface area (Å²) in [5, 5.41) is 11.8. The van der Waals surface area contributed by atoms with Crippen LogP contribution >= 0.6 is 11.6 Å². The predicted octanol–water partition coefficient (Wildman–Crippen LogP) is 6.07. The molecule has 1 heterocycles. The molecule has 1 aliphatic rings. The van der Waals surface area contributed by atoms with E-state index in [4.69, 9.17) is 21.1 Å². The van der Waals surface area contributed by atoms with E-state index in [1.54, 1.807) is 73.8 Å². The van der Waals surface area contributed by atoms with E-state index in [0.717, 1.165) is 12.0 Å². The number of carbonyl (C=O) groups is 2. The first-order valence-electron chi connectivity index (χ1n) is 11.3. The second kappa shape index (κ2) is 10.2. The molecule has 1 unspecified atom stereocenters. The highest BCUT2D eigenvalue weighted by molar-refractivity contribution is 6.51. The van der Waals surface area contributed by atoms with Crippen molar-refractivity contribution >= 4 is 34.7 Å². The number of nitrogens with zero attached hydrogens (tertiary/aromatic N) is 1. The van der Waals surface area contributed by atoms with E-state index in [-0.39, 0.29) is 11.3 Å². The number of hydrogen-bond acceptors (Lipinski definition) is 5. The quantitative estimate of drug-likeness (QED) is 0.246. The summed E-state index contributed by atoms with van der Waals surface area (Å²) in [6.07, 6.45) is 0.831. The zero-order valence-electron chi connectivity index (χ0n) is 19.7. The SMILES string of the molecule is CCCOc1cccc(/C(O)=C2\C(=O)C(=O)N(c3ccc(C)c(Cl)c3)C2c2ccc(OC)cc2)c1. The number of hydrogen-bond donors (Lipinski definition) is 1. The van der Waals surface area contributed by atoms with Gasteiger partial charge in [-0.05, 0) is 60.9 Å². The van der Waals surface area contributed by atoms with Crippen LogP contribution in [0.2, 0.25) is 5.02 Å². The molecule has 1 saturated heterocycles. The van der Waals surface area contributed by atoms with E-state index in [9.17, 15) is 14.7 Å². The number of anilines is 1. The van der Waals surface area contributed by atoms with Gasteiger partial charge in [0.25, 0.3) is 11.7 Å². The highest BCUT2D eigenvalue weighted by Gasteiger charge is 2.47. The molecule has 0 radical (unpaired) electrons. The third-order valence-electron chi connectivity index (χ3n) is 5.89. The smallest absolute Gasteiger partial charge is 0.300 e. The minimum absolute atomic E-state index is 0.00972. The Labute approximate surface area is 209 Å². The Morgan fingerprint density at radius 3 is 2.43 bits per heavy atom. The van der Waals surface area contributed by atoms with Gasteiger partial charge in [-0.3, -0.25) is 14.5 Å². The van der Waals surface area contributed by atoms with E-state index >= 15 is 0 Å². The van der Waals surface area contributed by atoms with Crippen LogP contribution in [0.1, 0.15) is 36.1 Å². The molecule has 0 aliphatic carbocycles. The third kappa shape index (κ3) is 4.75. The van der Waals surface area contributed by atoms with Crippen LogP contribution in [-0.4, -0.2) is 30.5 Å². The van der Waals surface area contributed by atoms with Gasteiger partial charge in [0.1, 0.15) is 17.3 Å². The first-order chi connectivity index (χ1) is 16.8. The molecule has 7 heteroatoms. The highest BCUT2D eigenvalue weighted by atomic mass is 35.5. The van der Waals surface area contributed by atoms with Crippen molar-refractivity contribution in [1.82, 2.24) is 0 Å². The van der Waals surface area contributed by atoms with Crippen LogP contribution in [-0.2, 0) is 9.59 Å². The summed E-state index contributed by atoms with van der Waals surface area (Å²) in [6.45, 7) is 4.38. The van der Waals surface area contributed by atoms with E-state index in [1.165, 1.54) is 4.90 Å². The Balaban J connectivity index is 1.89. The van der Waals surface area contributed by atoms with Gasteiger partial charge in [0, 0.05) is 16.3 Å². The van der Waals surface area contributed by atoms with Crippen LogP contribution in [0.5, 0.6) is 11.5 Å². The van der Waals surface area contributed by atoms with Gasteiger partial charge in [-0.15, -0.1) is 0 Å². The fourth-order valence-corrected chi connectivity index (χ4v) is 4.22.